The van der Waals surface area contributed by atoms with Crippen molar-refractivity contribution < 1.29 is 48.8 Å². The van der Waals surface area contributed by atoms with E-state index in [1.165, 1.54) is 24.3 Å². The zero-order valence-electron chi connectivity index (χ0n) is 53.1. The number of aryl methyl sites for hydroxylation is 3. The van der Waals surface area contributed by atoms with Crippen LogP contribution in [0.4, 0.5) is 11.4 Å². The third-order valence-corrected chi connectivity index (χ3v) is 17.2. The van der Waals surface area contributed by atoms with E-state index in [1.807, 2.05) is 36.4 Å². The van der Waals surface area contributed by atoms with Crippen molar-refractivity contribution in [3.63, 3.8) is 0 Å². The highest BCUT2D eigenvalue weighted by molar-refractivity contribution is 7.80. The average Bonchev–Trinajstić information content (AvgIpc) is 0.762. The highest BCUT2D eigenvalue weighted by Crippen LogP contribution is 2.43. The van der Waals surface area contributed by atoms with Crippen LogP contribution in [0.15, 0.2) is 91.6 Å². The Morgan fingerprint density at radius 2 is 1.08 bits per heavy atom. The third kappa shape index (κ3) is 16.4. The Morgan fingerprint density at radius 1 is 0.593 bits per heavy atom. The van der Waals surface area contributed by atoms with Crippen molar-refractivity contribution in [1.82, 2.24) is 44.9 Å². The molecule has 10 N–H and O–H groups in total. The topological polar surface area (TPSA) is 324 Å². The van der Waals surface area contributed by atoms with E-state index in [9.17, 15) is 58.8 Å². The van der Waals surface area contributed by atoms with Crippen LogP contribution in [0.1, 0.15) is 117 Å². The van der Waals surface area contributed by atoms with Gasteiger partial charge >= 0.3 is 5.97 Å². The highest BCUT2D eigenvalue weighted by atomic mass is 32.1. The Hall–Kier alpha value is -9.78. The van der Waals surface area contributed by atoms with Crippen LogP contribution in [0.3, 0.4) is 0 Å². The molecule has 0 saturated heterocycles. The van der Waals surface area contributed by atoms with Crippen LogP contribution in [-0.2, 0) is 60.0 Å². The van der Waals surface area contributed by atoms with E-state index in [2.05, 4.69) is 69.1 Å². The number of thiocarbonyl (C=S) groups is 1. The lowest BCUT2D eigenvalue weighted by Crippen LogP contribution is -2.51. The summed E-state index contributed by atoms with van der Waals surface area (Å²) < 4.78 is 13.5. The number of aromatic hydroxyl groups is 3. The fourth-order valence-corrected chi connectivity index (χ4v) is 11.4. The molecule has 2 aliphatic rings. The normalized spacial score (nSPS) is 11.3. The van der Waals surface area contributed by atoms with Gasteiger partial charge in [0.1, 0.15) is 24.4 Å². The molecule has 5 aromatic rings. The van der Waals surface area contributed by atoms with Crippen molar-refractivity contribution in [2.75, 3.05) is 42.9 Å². The van der Waals surface area contributed by atoms with Crippen LogP contribution in [0.25, 0.3) is 33.4 Å². The minimum absolute atomic E-state index is 0.0269. The Bertz CT molecular complexity index is 3950. The van der Waals surface area contributed by atoms with Gasteiger partial charge in [0.15, 0.2) is 22.4 Å². The van der Waals surface area contributed by atoms with Crippen LogP contribution >= 0.6 is 12.2 Å². The zero-order chi connectivity index (χ0) is 66.6. The van der Waals surface area contributed by atoms with Crippen molar-refractivity contribution in [3.8, 4) is 39.7 Å². The number of benzene rings is 3. The second-order valence-electron chi connectivity index (χ2n) is 22.6. The molecule has 3 aromatic heterocycles. The van der Waals surface area contributed by atoms with Crippen LogP contribution in [0.5, 0.6) is 17.2 Å². The number of aromatic carboxylic acids is 1. The largest absolute Gasteiger partial charge is 0.503 e. The van der Waals surface area contributed by atoms with E-state index in [0.717, 1.165) is 37.2 Å². The molecule has 0 fully saturated rings. The number of amides is 4. The van der Waals surface area contributed by atoms with Gasteiger partial charge in [-0.25, -0.2) is 9.37 Å². The van der Waals surface area contributed by atoms with E-state index in [-0.39, 0.29) is 98.9 Å². The Morgan fingerprint density at radius 3 is 1.53 bits per heavy atom. The minimum atomic E-state index is -1.49. The first-order valence-corrected chi connectivity index (χ1v) is 30.7. The predicted molar refractivity (Wildman–Crippen MR) is 352 cm³/mol. The predicted octanol–water partition coefficient (Wildman–Crippen LogP) is 5.52. The van der Waals surface area contributed by atoms with Crippen molar-refractivity contribution in [1.29, 1.82) is 0 Å². The second kappa shape index (κ2) is 30.2. The number of fused-ring (bicyclic) bond motifs is 2. The summed E-state index contributed by atoms with van der Waals surface area (Å²) in [4.78, 5) is 109. The highest BCUT2D eigenvalue weighted by Gasteiger charge is 2.34. The Labute approximate surface area is 531 Å². The molecule has 1 aliphatic heterocycles. The van der Waals surface area contributed by atoms with E-state index in [0.29, 0.717) is 56.2 Å². The number of carbonyl (C=O) groups is 5. The van der Waals surface area contributed by atoms with Gasteiger partial charge in [-0.2, -0.15) is 0 Å². The lowest BCUT2D eigenvalue weighted by molar-refractivity contribution is -0.127. The summed E-state index contributed by atoms with van der Waals surface area (Å²) in [5, 5.41) is 61.8. The maximum absolute atomic E-state index is 14.4. The number of carboxylic acid groups (broad SMARTS) is 1. The zero-order valence-corrected chi connectivity index (χ0v) is 54.0. The van der Waals surface area contributed by atoms with Crippen molar-refractivity contribution in [2.24, 2.45) is 21.1 Å². The smallest absolute Gasteiger partial charge is 0.336 e. The van der Waals surface area contributed by atoms with Gasteiger partial charge in [0.25, 0.3) is 0 Å². The Balaban J connectivity index is 1.16. The summed E-state index contributed by atoms with van der Waals surface area (Å²) in [6, 6.07) is 20.3. The fraction of sp³-hybridized carbons (Fsp3) is 0.394. The number of hydrogen-bond acceptors (Lipinski definition) is 14. The third-order valence-electron chi connectivity index (χ3n) is 17.0. The molecular formula is C66H82N11O13S+. The van der Waals surface area contributed by atoms with Crippen LogP contribution in [-0.4, -0.2) is 107 Å². The van der Waals surface area contributed by atoms with Gasteiger partial charge in [-0.3, -0.25) is 33.6 Å². The van der Waals surface area contributed by atoms with Gasteiger partial charge < -0.3 is 75.3 Å². The van der Waals surface area contributed by atoms with E-state index >= 15 is 0 Å². The summed E-state index contributed by atoms with van der Waals surface area (Å²) in [7, 11) is 4.86. The summed E-state index contributed by atoms with van der Waals surface area (Å²) in [5.74, 6) is -4.52. The first-order valence-electron chi connectivity index (χ1n) is 30.3. The van der Waals surface area contributed by atoms with Gasteiger partial charge in [-0.15, -0.1) is 0 Å². The summed E-state index contributed by atoms with van der Waals surface area (Å²) in [5.41, 5.74) is 2.26. The maximum atomic E-state index is 14.4. The molecule has 0 unspecified atom stereocenters. The molecule has 91 heavy (non-hydrogen) atoms. The van der Waals surface area contributed by atoms with Gasteiger partial charge in [-0.1, -0.05) is 0 Å². The van der Waals surface area contributed by atoms with Crippen LogP contribution in [0, 0.1) is 20.8 Å². The number of pyridine rings is 3. The molecule has 0 atom stereocenters. The number of rotatable bonds is 27. The van der Waals surface area contributed by atoms with Gasteiger partial charge in [0, 0.05) is 147 Å². The van der Waals surface area contributed by atoms with Gasteiger partial charge in [0.2, 0.25) is 45.3 Å². The number of nitrogens with one attached hydrogen (secondary N) is 6. The number of carboxylic acids is 1. The molecule has 1 aliphatic carbocycles. The van der Waals surface area contributed by atoms with Gasteiger partial charge in [-0.05, 0) is 122 Å². The monoisotopic (exact) mass is 1270 g/mol. The molecule has 0 radical (unpaired) electrons. The first-order chi connectivity index (χ1) is 43.2. The molecule has 4 amide bonds. The van der Waals surface area contributed by atoms with Gasteiger partial charge in [0.05, 0.1) is 48.3 Å². The number of nitrogens with zero attached hydrogens (tertiary/aromatic N) is 5. The summed E-state index contributed by atoms with van der Waals surface area (Å²) in [6.45, 7) is 15.5. The number of aromatic nitrogens is 3. The summed E-state index contributed by atoms with van der Waals surface area (Å²) in [6.07, 6.45) is -1.59. The fourth-order valence-electron chi connectivity index (χ4n) is 11.2. The summed E-state index contributed by atoms with van der Waals surface area (Å²) >= 11 is 5.77. The quantitative estimate of drug-likeness (QED) is 0.0172. The standard InChI is InChI=1S/C66H81N11O13S/c1-11-76(12-2)42-16-19-45-54(33-42)90-55-34-43(77(13-3)14-4)17-20-46(55)60(45)47-32-41(15-18-44(47)64(88)89)71-65(91)67-28-24-59(84)72-66(25-21-56(81)68-35-48-61(85)51(78)29-38(5)73(48)8,26-22-57(82)69-36-49-62(86)52(79)30-39(6)74(49)9)27-23-58(83)70-37-50-63(87)53(80)31-40(7)75(50)10/h15-20,29-34H,11-14,21-28,35-37H2,1-10H3,(H9-,67,68,69,70,71,72,81,82,83,84,85,86,87,88,89,91)/p+1. The second-order valence-corrected chi connectivity index (χ2v) is 23.0. The number of carbonyl (C=O) groups excluding carboxylic acids is 4. The van der Waals surface area contributed by atoms with E-state index in [1.54, 1.807) is 67.7 Å². The Kier molecular flexibility index (Phi) is 22.8. The molecule has 24 nitrogen and oxygen atoms in total. The molecule has 7 rings (SSSR count). The molecule has 0 saturated carbocycles. The SMILES string of the molecule is CCN(CC)c1ccc2c(-c3cc(NC(=S)NCCC(=O)NC(CCC(=O)NCc4c(O)c(=O)cc(C)n4C)(CCC(=O)NCc4c(O)c(=O)cc(C)n4C)CCC(=O)NCc4c(O)c(=O)cc(C)n4C)ccc3C(=O)O)c3ccc(=[N+](CC)CC)cc-3oc2c1. The van der Waals surface area contributed by atoms with E-state index < -0.39 is 68.7 Å². The number of anilines is 2. The van der Waals surface area contributed by atoms with Crippen LogP contribution < -0.4 is 63.0 Å². The van der Waals surface area contributed by atoms with Crippen LogP contribution in [0.2, 0.25) is 0 Å². The molecule has 2 aromatic carbocycles. The van der Waals surface area contributed by atoms with Crippen molar-refractivity contribution in [3.05, 3.63) is 149 Å². The number of hydrogen-bond donors (Lipinski definition) is 10. The first kappa shape index (κ1) is 68.7. The average molecular weight is 1270 g/mol. The molecule has 25 heteroatoms. The van der Waals surface area contributed by atoms with Crippen molar-refractivity contribution in [2.45, 2.75) is 119 Å². The van der Waals surface area contributed by atoms with E-state index in [4.69, 9.17) is 16.6 Å². The minimum Gasteiger partial charge on any atom is -0.503 e. The molecule has 484 valence electrons. The molecule has 0 bridgehead atoms. The molecule has 4 heterocycles. The molecule has 0 spiro atoms. The lowest BCUT2D eigenvalue weighted by atomic mass is 9.83. The lowest BCUT2D eigenvalue weighted by Gasteiger charge is -2.35. The molecular weight excluding hydrogens is 1190 g/mol. The maximum Gasteiger partial charge on any atom is 0.336 e. The van der Waals surface area contributed by atoms with Crippen molar-refractivity contribution >= 4 is 69.3 Å².